The molecule has 0 saturated heterocycles. The first-order chi connectivity index (χ1) is 23.6. The van der Waals surface area contributed by atoms with E-state index in [1.54, 1.807) is 0 Å². The van der Waals surface area contributed by atoms with Crippen LogP contribution in [0.3, 0.4) is 0 Å². The number of hydrogen-bond acceptors (Lipinski definition) is 3. The quantitative estimate of drug-likeness (QED) is 0.186. The number of rotatable bonds is 4. The zero-order valence-corrected chi connectivity index (χ0v) is 25.6. The minimum Gasteiger partial charge on any atom is -0.456 e. The molecule has 9 rings (SSSR count). The zero-order valence-electron chi connectivity index (χ0n) is 25.6. The molecule has 9 aromatic rings. The van der Waals surface area contributed by atoms with E-state index in [0.717, 1.165) is 88.4 Å². The van der Waals surface area contributed by atoms with Crippen molar-refractivity contribution in [3.05, 3.63) is 163 Å². The van der Waals surface area contributed by atoms with Crippen molar-refractivity contribution >= 4 is 49.6 Å². The first-order valence-corrected chi connectivity index (χ1v) is 15.7. The summed E-state index contributed by atoms with van der Waals surface area (Å²) in [5.41, 5.74) is 13.3. The molecule has 48 heavy (non-hydrogen) atoms. The fourth-order valence-electron chi connectivity index (χ4n) is 6.63. The first kappa shape index (κ1) is 27.4. The molecule has 0 radical (unpaired) electrons. The second-order valence-corrected chi connectivity index (χ2v) is 12.0. The fourth-order valence-corrected chi connectivity index (χ4v) is 6.63. The van der Waals surface area contributed by atoms with E-state index in [-0.39, 0.29) is 0 Å². The third-order valence-corrected chi connectivity index (χ3v) is 9.13. The van der Waals surface area contributed by atoms with Crippen LogP contribution in [-0.2, 0) is 0 Å². The van der Waals surface area contributed by atoms with Crippen LogP contribution in [0.15, 0.2) is 154 Å². The van der Waals surface area contributed by atoms with Gasteiger partial charge in [-0.2, -0.15) is 5.26 Å². The normalized spacial score (nSPS) is 11.3. The van der Waals surface area contributed by atoms with E-state index in [1.807, 2.05) is 60.7 Å². The van der Waals surface area contributed by atoms with Crippen LogP contribution >= 0.6 is 0 Å². The van der Waals surface area contributed by atoms with Gasteiger partial charge in [-0.25, -0.2) is 4.85 Å². The van der Waals surface area contributed by atoms with Crippen LogP contribution < -0.4 is 0 Å². The van der Waals surface area contributed by atoms with Gasteiger partial charge in [0.1, 0.15) is 22.3 Å². The Bertz CT molecular complexity index is 2590. The fraction of sp³-hybridized carbons (Fsp3) is 0. The van der Waals surface area contributed by atoms with Crippen LogP contribution in [0.25, 0.3) is 93.2 Å². The largest absolute Gasteiger partial charge is 0.456 e. The molecular weight excluding hydrogens is 588 g/mol. The van der Waals surface area contributed by atoms with Gasteiger partial charge in [0, 0.05) is 21.5 Å². The Kier molecular flexibility index (Phi) is 6.22. The standard InChI is InChI=1S/C44H24N2O2/c1-46-36-16-12-29(13-17-36)31-5-3-7-33(21-31)35-15-19-42-38(23-35)40-25-43-39(24-44(40)48-42)37-22-34(14-18-41(37)47-43)32-6-2-4-30(20-32)28-10-8-27(26-45)9-11-28/h2-25H. The first-order valence-electron chi connectivity index (χ1n) is 15.7. The van der Waals surface area contributed by atoms with E-state index in [9.17, 15) is 0 Å². The maximum atomic E-state index is 9.17. The third kappa shape index (κ3) is 4.60. The maximum absolute atomic E-state index is 9.17. The Morgan fingerprint density at radius 1 is 0.417 bits per heavy atom. The van der Waals surface area contributed by atoms with Crippen LogP contribution in [-0.4, -0.2) is 0 Å². The average Bonchev–Trinajstić information content (AvgIpc) is 3.70. The van der Waals surface area contributed by atoms with Gasteiger partial charge in [-0.3, -0.25) is 0 Å². The van der Waals surface area contributed by atoms with Gasteiger partial charge in [0.2, 0.25) is 0 Å². The van der Waals surface area contributed by atoms with Gasteiger partial charge in [0.15, 0.2) is 5.69 Å². The summed E-state index contributed by atoms with van der Waals surface area (Å²) in [6.45, 7) is 7.23. The molecule has 0 bridgehead atoms. The second kappa shape index (κ2) is 10.9. The van der Waals surface area contributed by atoms with Crippen molar-refractivity contribution in [2.75, 3.05) is 0 Å². The zero-order chi connectivity index (χ0) is 32.2. The van der Waals surface area contributed by atoms with E-state index in [1.165, 1.54) is 0 Å². The highest BCUT2D eigenvalue weighted by Crippen LogP contribution is 2.40. The minimum absolute atomic E-state index is 0.636. The number of nitriles is 1. The molecule has 0 fully saturated rings. The summed E-state index contributed by atoms with van der Waals surface area (Å²) in [6.07, 6.45) is 0. The lowest BCUT2D eigenvalue weighted by Gasteiger charge is -2.07. The van der Waals surface area contributed by atoms with Crippen molar-refractivity contribution in [3.8, 4) is 50.6 Å². The molecule has 0 spiro atoms. The van der Waals surface area contributed by atoms with Gasteiger partial charge in [0.05, 0.1) is 18.2 Å². The Morgan fingerprint density at radius 2 is 0.812 bits per heavy atom. The average molecular weight is 613 g/mol. The summed E-state index contributed by atoms with van der Waals surface area (Å²) in [5.74, 6) is 0. The summed E-state index contributed by atoms with van der Waals surface area (Å²) in [5, 5.41) is 13.3. The molecule has 0 aliphatic carbocycles. The molecule has 0 amide bonds. The van der Waals surface area contributed by atoms with Crippen LogP contribution in [0, 0.1) is 17.9 Å². The highest BCUT2D eigenvalue weighted by atomic mass is 16.3. The van der Waals surface area contributed by atoms with Crippen molar-refractivity contribution in [2.45, 2.75) is 0 Å². The minimum atomic E-state index is 0.636. The van der Waals surface area contributed by atoms with Crippen LogP contribution in [0.5, 0.6) is 0 Å². The van der Waals surface area contributed by atoms with E-state index >= 15 is 0 Å². The summed E-state index contributed by atoms with van der Waals surface area (Å²) < 4.78 is 12.8. The molecule has 0 N–H and O–H groups in total. The van der Waals surface area contributed by atoms with Crippen molar-refractivity contribution in [1.82, 2.24) is 0 Å². The van der Waals surface area contributed by atoms with Crippen molar-refractivity contribution < 1.29 is 8.83 Å². The number of benzene rings is 7. The molecule has 0 aliphatic heterocycles. The topological polar surface area (TPSA) is 54.4 Å². The predicted molar refractivity (Wildman–Crippen MR) is 194 cm³/mol. The molecule has 4 heteroatoms. The highest BCUT2D eigenvalue weighted by Gasteiger charge is 2.15. The summed E-state index contributed by atoms with van der Waals surface area (Å²) in [7, 11) is 0. The molecule has 222 valence electrons. The van der Waals surface area contributed by atoms with Crippen molar-refractivity contribution in [2.24, 2.45) is 0 Å². The van der Waals surface area contributed by atoms with Gasteiger partial charge < -0.3 is 8.83 Å². The Balaban J connectivity index is 1.10. The molecule has 0 atom stereocenters. The number of nitrogens with zero attached hydrogens (tertiary/aromatic N) is 2. The van der Waals surface area contributed by atoms with Gasteiger partial charge >= 0.3 is 0 Å². The predicted octanol–water partition coefficient (Wildman–Crippen LogP) is 12.6. The van der Waals surface area contributed by atoms with E-state index in [0.29, 0.717) is 11.3 Å². The molecule has 0 saturated carbocycles. The van der Waals surface area contributed by atoms with Gasteiger partial charge in [-0.15, -0.1) is 0 Å². The molecular formula is C44H24N2O2. The lowest BCUT2D eigenvalue weighted by atomic mass is 9.97. The maximum Gasteiger partial charge on any atom is 0.187 e. The molecule has 4 nitrogen and oxygen atoms in total. The van der Waals surface area contributed by atoms with Crippen molar-refractivity contribution in [1.29, 1.82) is 5.26 Å². The molecule has 7 aromatic carbocycles. The van der Waals surface area contributed by atoms with Crippen LogP contribution in [0.4, 0.5) is 5.69 Å². The SMILES string of the molecule is [C-]#[N+]c1ccc(-c2cccc(-c3ccc4oc5cc6c(cc5c4c3)oc3ccc(-c4cccc(-c5ccc(C#N)cc5)c4)cc36)c2)cc1. The number of fused-ring (bicyclic) bond motifs is 6. The molecule has 0 unspecified atom stereocenters. The molecule has 2 heterocycles. The Labute approximate surface area is 276 Å². The molecule has 2 aromatic heterocycles. The number of hydrogen-bond donors (Lipinski definition) is 0. The van der Waals surface area contributed by atoms with Crippen LogP contribution in [0.2, 0.25) is 0 Å². The summed E-state index contributed by atoms with van der Waals surface area (Å²) in [4.78, 5) is 3.51. The van der Waals surface area contributed by atoms with E-state index in [4.69, 9.17) is 20.7 Å². The van der Waals surface area contributed by atoms with Gasteiger partial charge in [-0.05, 0) is 105 Å². The Hall–Kier alpha value is -6.88. The summed E-state index contributed by atoms with van der Waals surface area (Å²) in [6, 6.07) is 51.4. The van der Waals surface area contributed by atoms with Crippen LogP contribution in [0.1, 0.15) is 5.56 Å². The molecule has 0 aliphatic rings. The monoisotopic (exact) mass is 612 g/mol. The lowest BCUT2D eigenvalue weighted by molar-refractivity contribution is 0.664. The Morgan fingerprint density at radius 3 is 1.27 bits per heavy atom. The highest BCUT2D eigenvalue weighted by molar-refractivity contribution is 6.15. The van der Waals surface area contributed by atoms with Crippen molar-refractivity contribution in [3.63, 3.8) is 0 Å². The van der Waals surface area contributed by atoms with E-state index < -0.39 is 0 Å². The smallest absolute Gasteiger partial charge is 0.187 e. The summed E-state index contributed by atoms with van der Waals surface area (Å²) >= 11 is 0. The second-order valence-electron chi connectivity index (χ2n) is 12.0. The number of furan rings is 2. The van der Waals surface area contributed by atoms with Gasteiger partial charge in [-0.1, -0.05) is 84.9 Å². The third-order valence-electron chi connectivity index (χ3n) is 9.13. The lowest BCUT2D eigenvalue weighted by Crippen LogP contribution is -1.82. The van der Waals surface area contributed by atoms with E-state index in [2.05, 4.69) is 95.8 Å². The van der Waals surface area contributed by atoms with Gasteiger partial charge in [0.25, 0.3) is 0 Å².